The van der Waals surface area contributed by atoms with Gasteiger partial charge in [0.05, 0.1) is 5.69 Å². The monoisotopic (exact) mass is 430 g/mol. The molecule has 0 bridgehead atoms. The lowest BCUT2D eigenvalue weighted by Gasteiger charge is -2.26. The van der Waals surface area contributed by atoms with Crippen LogP contribution in [0.25, 0.3) is 11.0 Å². The highest BCUT2D eigenvalue weighted by atomic mass is 35.5. The summed E-state index contributed by atoms with van der Waals surface area (Å²) in [6.07, 6.45) is 2.09. The van der Waals surface area contributed by atoms with E-state index in [1.807, 2.05) is 6.92 Å². The maximum Gasteiger partial charge on any atom is 0.332 e. The van der Waals surface area contributed by atoms with E-state index in [1.54, 1.807) is 44.3 Å². The maximum absolute atomic E-state index is 13.1. The van der Waals surface area contributed by atoms with Gasteiger partial charge in [0.2, 0.25) is 0 Å². The van der Waals surface area contributed by atoms with Gasteiger partial charge in [-0.05, 0) is 50.1 Å². The van der Waals surface area contributed by atoms with Gasteiger partial charge in [0.1, 0.15) is 11.1 Å². The van der Waals surface area contributed by atoms with Crippen LogP contribution in [0, 0.1) is 0 Å². The first-order chi connectivity index (χ1) is 14.1. The smallest absolute Gasteiger partial charge is 0.332 e. The number of nitrogens with one attached hydrogen (secondary N) is 1. The predicted molar refractivity (Wildman–Crippen MR) is 116 cm³/mol. The topological polar surface area (TPSA) is 95.2 Å². The van der Waals surface area contributed by atoms with Crippen molar-refractivity contribution in [3.63, 3.8) is 0 Å². The van der Waals surface area contributed by atoms with Gasteiger partial charge < -0.3 is 10.1 Å². The maximum atomic E-state index is 13.1. The van der Waals surface area contributed by atoms with E-state index in [-0.39, 0.29) is 11.0 Å². The zero-order valence-electron chi connectivity index (χ0n) is 17.4. The molecule has 158 valence electrons. The van der Waals surface area contributed by atoms with Gasteiger partial charge in [-0.3, -0.25) is 18.7 Å². The molecule has 0 saturated carbocycles. The highest BCUT2D eigenvalue weighted by Crippen LogP contribution is 2.26. The molecule has 9 heteroatoms. The Morgan fingerprint density at radius 1 is 1.17 bits per heavy atom. The second-order valence-corrected chi connectivity index (χ2v) is 7.87. The lowest BCUT2D eigenvalue weighted by Crippen LogP contribution is -2.43. The summed E-state index contributed by atoms with van der Waals surface area (Å²) in [4.78, 5) is 42.5. The molecular formula is C21H23ClN4O4. The Bertz CT molecular complexity index is 1240. The molecule has 0 aliphatic rings. The van der Waals surface area contributed by atoms with E-state index in [0.717, 1.165) is 4.57 Å². The van der Waals surface area contributed by atoms with E-state index in [0.29, 0.717) is 28.4 Å². The molecule has 0 unspecified atom stereocenters. The Hall–Kier alpha value is -3.13. The summed E-state index contributed by atoms with van der Waals surface area (Å²) in [5.74, 6) is 0.0312. The molecule has 0 radical (unpaired) electrons. The van der Waals surface area contributed by atoms with Crippen LogP contribution in [0.3, 0.4) is 0 Å². The van der Waals surface area contributed by atoms with Crippen molar-refractivity contribution >= 4 is 34.2 Å². The number of aromatic nitrogens is 3. The molecule has 1 N–H and O–H groups in total. The molecule has 0 aliphatic heterocycles. The van der Waals surface area contributed by atoms with Gasteiger partial charge in [0.15, 0.2) is 11.2 Å². The number of aryl methyl sites for hydroxylation is 2. The van der Waals surface area contributed by atoms with Crippen molar-refractivity contribution < 1.29 is 9.53 Å². The van der Waals surface area contributed by atoms with Crippen LogP contribution in [0.5, 0.6) is 5.75 Å². The number of halogens is 1. The van der Waals surface area contributed by atoms with Crippen molar-refractivity contribution in [2.75, 3.05) is 5.32 Å². The number of fused-ring (bicyclic) bond motifs is 1. The fraction of sp³-hybridized carbons (Fsp3) is 0.333. The SMILES string of the molecule is CCc1cnc2c(c1NC(=O)C(C)(C)Oc1ccc(Cl)cc1)c(=O)n(C)c(=O)n2C. The molecule has 3 aromatic rings. The summed E-state index contributed by atoms with van der Waals surface area (Å²) in [5.41, 5.74) is -1.06. The van der Waals surface area contributed by atoms with Crippen LogP contribution in [-0.4, -0.2) is 25.6 Å². The summed E-state index contributed by atoms with van der Waals surface area (Å²) in [6.45, 7) is 5.14. The zero-order valence-corrected chi connectivity index (χ0v) is 18.2. The fourth-order valence-electron chi connectivity index (χ4n) is 3.09. The van der Waals surface area contributed by atoms with Crippen LogP contribution in [-0.2, 0) is 25.3 Å². The molecule has 2 heterocycles. The zero-order chi connectivity index (χ0) is 22.2. The van der Waals surface area contributed by atoms with Crippen molar-refractivity contribution in [2.45, 2.75) is 32.8 Å². The second kappa shape index (κ2) is 7.95. The Kier molecular flexibility index (Phi) is 5.72. The lowest BCUT2D eigenvalue weighted by atomic mass is 10.1. The first-order valence-corrected chi connectivity index (χ1v) is 9.78. The molecule has 2 aromatic heterocycles. The van der Waals surface area contributed by atoms with Gasteiger partial charge >= 0.3 is 5.69 Å². The number of anilines is 1. The number of carbonyl (C=O) groups excluding carboxylic acids is 1. The van der Waals surface area contributed by atoms with Crippen LogP contribution in [0.15, 0.2) is 40.1 Å². The highest BCUT2D eigenvalue weighted by molar-refractivity contribution is 6.30. The van der Waals surface area contributed by atoms with Crippen molar-refractivity contribution in [3.05, 3.63) is 61.9 Å². The third kappa shape index (κ3) is 3.82. The molecule has 0 aliphatic carbocycles. The van der Waals surface area contributed by atoms with Gasteiger partial charge in [0, 0.05) is 25.3 Å². The fourth-order valence-corrected chi connectivity index (χ4v) is 3.21. The Morgan fingerprint density at radius 2 is 1.80 bits per heavy atom. The molecule has 0 spiro atoms. The molecular weight excluding hydrogens is 408 g/mol. The van der Waals surface area contributed by atoms with Crippen molar-refractivity contribution in [2.24, 2.45) is 14.1 Å². The minimum absolute atomic E-state index is 0.176. The number of hydrogen-bond acceptors (Lipinski definition) is 5. The Labute approximate surface area is 178 Å². The number of nitrogens with zero attached hydrogens (tertiary/aromatic N) is 3. The summed E-state index contributed by atoms with van der Waals surface area (Å²) in [7, 11) is 2.92. The minimum atomic E-state index is -1.25. The summed E-state index contributed by atoms with van der Waals surface area (Å²) >= 11 is 5.90. The van der Waals surface area contributed by atoms with Gasteiger partial charge in [-0.15, -0.1) is 0 Å². The molecule has 1 amide bonds. The van der Waals surface area contributed by atoms with Crippen LogP contribution < -0.4 is 21.3 Å². The van der Waals surface area contributed by atoms with E-state index < -0.39 is 22.8 Å². The van der Waals surface area contributed by atoms with Crippen molar-refractivity contribution in [3.8, 4) is 5.75 Å². The number of rotatable bonds is 5. The standard InChI is InChI=1S/C21H23ClN4O4/c1-6-12-11-23-17-15(18(27)26(5)20(29)25(17)4)16(12)24-19(28)21(2,3)30-14-9-7-13(22)8-10-14/h7-11H,6H2,1-5H3,(H,23,24,28). The number of pyridine rings is 1. The third-order valence-corrected chi connectivity index (χ3v) is 5.15. The summed E-state index contributed by atoms with van der Waals surface area (Å²) in [5, 5.41) is 3.57. The Balaban J connectivity index is 2.07. The second-order valence-electron chi connectivity index (χ2n) is 7.44. The molecule has 0 atom stereocenters. The van der Waals surface area contributed by atoms with E-state index in [9.17, 15) is 14.4 Å². The number of hydrogen-bond donors (Lipinski definition) is 1. The molecule has 1 aromatic carbocycles. The van der Waals surface area contributed by atoms with Crippen molar-refractivity contribution in [1.29, 1.82) is 0 Å². The average molecular weight is 431 g/mol. The normalized spacial score (nSPS) is 11.5. The number of carbonyl (C=O) groups is 1. The highest BCUT2D eigenvalue weighted by Gasteiger charge is 2.31. The molecule has 3 rings (SSSR count). The van der Waals surface area contributed by atoms with Crippen LogP contribution in [0.1, 0.15) is 26.3 Å². The van der Waals surface area contributed by atoms with E-state index in [1.165, 1.54) is 18.7 Å². The van der Waals surface area contributed by atoms with Gasteiger partial charge in [0.25, 0.3) is 11.5 Å². The largest absolute Gasteiger partial charge is 0.478 e. The molecule has 8 nitrogen and oxygen atoms in total. The summed E-state index contributed by atoms with van der Waals surface area (Å²) in [6, 6.07) is 6.67. The lowest BCUT2D eigenvalue weighted by molar-refractivity contribution is -0.128. The molecule has 30 heavy (non-hydrogen) atoms. The van der Waals surface area contributed by atoms with E-state index in [2.05, 4.69) is 10.3 Å². The van der Waals surface area contributed by atoms with E-state index in [4.69, 9.17) is 16.3 Å². The van der Waals surface area contributed by atoms with Crippen molar-refractivity contribution in [1.82, 2.24) is 14.1 Å². The predicted octanol–water partition coefficient (Wildman–Crippen LogP) is 2.64. The quantitative estimate of drug-likeness (QED) is 0.671. The van der Waals surface area contributed by atoms with Crippen LogP contribution in [0.4, 0.5) is 5.69 Å². The average Bonchev–Trinajstić information content (AvgIpc) is 2.71. The first kappa shape index (κ1) is 21.6. The summed E-state index contributed by atoms with van der Waals surface area (Å²) < 4.78 is 8.12. The molecule has 0 saturated heterocycles. The Morgan fingerprint density at radius 3 is 2.40 bits per heavy atom. The van der Waals surface area contributed by atoms with Crippen LogP contribution in [0.2, 0.25) is 5.02 Å². The van der Waals surface area contributed by atoms with Gasteiger partial charge in [-0.25, -0.2) is 9.78 Å². The number of benzene rings is 1. The first-order valence-electron chi connectivity index (χ1n) is 9.40. The third-order valence-electron chi connectivity index (χ3n) is 4.90. The number of amides is 1. The van der Waals surface area contributed by atoms with Crippen LogP contribution >= 0.6 is 11.6 Å². The number of ether oxygens (including phenoxy) is 1. The molecule has 0 fully saturated rings. The van der Waals surface area contributed by atoms with Gasteiger partial charge in [-0.1, -0.05) is 18.5 Å². The van der Waals surface area contributed by atoms with Gasteiger partial charge in [-0.2, -0.15) is 0 Å². The minimum Gasteiger partial charge on any atom is -0.478 e. The van der Waals surface area contributed by atoms with E-state index >= 15 is 0 Å².